The number of aliphatic hydroxyl groups excluding tert-OH is 1. The smallest absolute Gasteiger partial charge is 0.404 e. The standard InChI is InChI=1S/C14H21NO3/c1-2-3-9-13(16)12(15-14(17)18)10-11-7-5-4-6-8-11/h4-8,12-13,15-16H,2-3,9-10H2,1H3,(H,17,18)/t12-,13-/m0/s1. The highest BCUT2D eigenvalue weighted by Crippen LogP contribution is 2.11. The van der Waals surface area contributed by atoms with Crippen molar-refractivity contribution in [1.29, 1.82) is 0 Å². The molecule has 0 saturated carbocycles. The summed E-state index contributed by atoms with van der Waals surface area (Å²) in [6.07, 6.45) is 1.29. The highest BCUT2D eigenvalue weighted by atomic mass is 16.4. The summed E-state index contributed by atoms with van der Waals surface area (Å²) in [7, 11) is 0. The average Bonchev–Trinajstić information content (AvgIpc) is 2.36. The van der Waals surface area contributed by atoms with Gasteiger partial charge < -0.3 is 15.5 Å². The van der Waals surface area contributed by atoms with E-state index in [-0.39, 0.29) is 0 Å². The summed E-state index contributed by atoms with van der Waals surface area (Å²) in [5.41, 5.74) is 1.02. The van der Waals surface area contributed by atoms with Crippen LogP contribution in [0.4, 0.5) is 4.79 Å². The van der Waals surface area contributed by atoms with E-state index < -0.39 is 18.2 Å². The number of amides is 1. The van der Waals surface area contributed by atoms with Gasteiger partial charge in [-0.2, -0.15) is 0 Å². The van der Waals surface area contributed by atoms with E-state index in [1.54, 1.807) is 0 Å². The maximum absolute atomic E-state index is 10.8. The summed E-state index contributed by atoms with van der Waals surface area (Å²) in [4.78, 5) is 10.8. The molecule has 0 bridgehead atoms. The summed E-state index contributed by atoms with van der Waals surface area (Å²) in [5.74, 6) is 0. The van der Waals surface area contributed by atoms with Crippen molar-refractivity contribution in [2.75, 3.05) is 0 Å². The summed E-state index contributed by atoms with van der Waals surface area (Å²) in [5, 5.41) is 21.2. The lowest BCUT2D eigenvalue weighted by molar-refractivity contribution is 0.110. The van der Waals surface area contributed by atoms with Gasteiger partial charge in [0.2, 0.25) is 0 Å². The number of unbranched alkanes of at least 4 members (excludes halogenated alkanes) is 1. The Balaban J connectivity index is 2.63. The van der Waals surface area contributed by atoms with Crippen LogP contribution >= 0.6 is 0 Å². The first-order chi connectivity index (χ1) is 8.63. The Morgan fingerprint density at radius 3 is 2.56 bits per heavy atom. The minimum atomic E-state index is -1.09. The monoisotopic (exact) mass is 251 g/mol. The molecule has 0 aliphatic carbocycles. The second-order valence-electron chi connectivity index (χ2n) is 4.46. The molecule has 1 amide bonds. The van der Waals surface area contributed by atoms with Crippen LogP contribution in [0, 0.1) is 0 Å². The number of benzene rings is 1. The minimum absolute atomic E-state index is 0.448. The second-order valence-corrected chi connectivity index (χ2v) is 4.46. The molecule has 1 aromatic carbocycles. The fourth-order valence-corrected chi connectivity index (χ4v) is 1.92. The molecule has 1 rings (SSSR count). The first-order valence-electron chi connectivity index (χ1n) is 6.35. The van der Waals surface area contributed by atoms with Crippen molar-refractivity contribution in [2.45, 2.75) is 44.8 Å². The minimum Gasteiger partial charge on any atom is -0.465 e. The van der Waals surface area contributed by atoms with Crippen LogP contribution in [0.15, 0.2) is 30.3 Å². The zero-order valence-electron chi connectivity index (χ0n) is 10.7. The van der Waals surface area contributed by atoms with E-state index in [2.05, 4.69) is 5.32 Å². The van der Waals surface area contributed by atoms with Crippen LogP contribution in [-0.4, -0.2) is 28.5 Å². The van der Waals surface area contributed by atoms with Crippen LogP contribution in [0.5, 0.6) is 0 Å². The fraction of sp³-hybridized carbons (Fsp3) is 0.500. The van der Waals surface area contributed by atoms with Crippen LogP contribution in [0.2, 0.25) is 0 Å². The maximum atomic E-state index is 10.8. The molecule has 0 radical (unpaired) electrons. The third-order valence-corrected chi connectivity index (χ3v) is 2.93. The normalized spacial score (nSPS) is 13.9. The van der Waals surface area contributed by atoms with Gasteiger partial charge in [-0.05, 0) is 18.4 Å². The predicted molar refractivity (Wildman–Crippen MR) is 70.6 cm³/mol. The molecule has 0 fully saturated rings. The van der Waals surface area contributed by atoms with Crippen molar-refractivity contribution in [2.24, 2.45) is 0 Å². The van der Waals surface area contributed by atoms with Crippen molar-refractivity contribution >= 4 is 6.09 Å². The number of hydrogen-bond donors (Lipinski definition) is 3. The van der Waals surface area contributed by atoms with E-state index in [0.29, 0.717) is 12.8 Å². The van der Waals surface area contributed by atoms with Gasteiger partial charge in [0, 0.05) is 0 Å². The Kier molecular flexibility index (Phi) is 6.22. The van der Waals surface area contributed by atoms with E-state index in [9.17, 15) is 9.90 Å². The molecule has 0 aliphatic heterocycles. The first-order valence-corrected chi connectivity index (χ1v) is 6.35. The van der Waals surface area contributed by atoms with Crippen molar-refractivity contribution in [3.05, 3.63) is 35.9 Å². The maximum Gasteiger partial charge on any atom is 0.404 e. The molecular formula is C14H21NO3. The molecule has 3 N–H and O–H groups in total. The van der Waals surface area contributed by atoms with Crippen LogP contribution < -0.4 is 5.32 Å². The number of carbonyl (C=O) groups is 1. The van der Waals surface area contributed by atoms with Gasteiger partial charge in [-0.25, -0.2) is 4.79 Å². The number of carboxylic acid groups (broad SMARTS) is 1. The van der Waals surface area contributed by atoms with Gasteiger partial charge in [0.15, 0.2) is 0 Å². The third-order valence-electron chi connectivity index (χ3n) is 2.93. The van der Waals surface area contributed by atoms with E-state index in [1.807, 2.05) is 37.3 Å². The molecule has 0 heterocycles. The average molecular weight is 251 g/mol. The molecule has 0 saturated heterocycles. The largest absolute Gasteiger partial charge is 0.465 e. The molecule has 4 heteroatoms. The number of nitrogens with one attached hydrogen (secondary N) is 1. The Morgan fingerprint density at radius 1 is 1.33 bits per heavy atom. The topological polar surface area (TPSA) is 69.6 Å². The molecule has 2 atom stereocenters. The number of hydrogen-bond acceptors (Lipinski definition) is 2. The lowest BCUT2D eigenvalue weighted by Crippen LogP contribution is -2.44. The summed E-state index contributed by atoms with van der Waals surface area (Å²) >= 11 is 0. The highest BCUT2D eigenvalue weighted by molar-refractivity contribution is 5.65. The van der Waals surface area contributed by atoms with Crippen molar-refractivity contribution in [3.63, 3.8) is 0 Å². The Bertz CT molecular complexity index is 353. The fourth-order valence-electron chi connectivity index (χ4n) is 1.92. The third kappa shape index (κ3) is 5.19. The Labute approximate surface area is 108 Å². The van der Waals surface area contributed by atoms with Crippen LogP contribution in [-0.2, 0) is 6.42 Å². The van der Waals surface area contributed by atoms with E-state index >= 15 is 0 Å². The van der Waals surface area contributed by atoms with Gasteiger partial charge in [-0.15, -0.1) is 0 Å². The first kappa shape index (κ1) is 14.5. The van der Waals surface area contributed by atoms with Crippen molar-refractivity contribution in [3.8, 4) is 0 Å². The van der Waals surface area contributed by atoms with Crippen LogP contribution in [0.1, 0.15) is 31.7 Å². The Morgan fingerprint density at radius 2 is 2.00 bits per heavy atom. The SMILES string of the molecule is CCCC[C@H](O)[C@H](Cc1ccccc1)NC(=O)O. The van der Waals surface area contributed by atoms with Gasteiger partial charge in [-0.3, -0.25) is 0 Å². The lowest BCUT2D eigenvalue weighted by Gasteiger charge is -2.23. The molecule has 4 nitrogen and oxygen atoms in total. The molecule has 100 valence electrons. The van der Waals surface area contributed by atoms with E-state index in [0.717, 1.165) is 18.4 Å². The zero-order chi connectivity index (χ0) is 13.4. The molecule has 0 unspecified atom stereocenters. The molecule has 18 heavy (non-hydrogen) atoms. The summed E-state index contributed by atoms with van der Waals surface area (Å²) < 4.78 is 0. The summed E-state index contributed by atoms with van der Waals surface area (Å²) in [6.45, 7) is 2.05. The van der Waals surface area contributed by atoms with Crippen molar-refractivity contribution in [1.82, 2.24) is 5.32 Å². The number of aliphatic hydroxyl groups is 1. The van der Waals surface area contributed by atoms with Gasteiger partial charge >= 0.3 is 6.09 Å². The van der Waals surface area contributed by atoms with E-state index in [4.69, 9.17) is 5.11 Å². The van der Waals surface area contributed by atoms with Crippen molar-refractivity contribution < 1.29 is 15.0 Å². The molecule has 1 aromatic rings. The molecule has 0 spiro atoms. The van der Waals surface area contributed by atoms with Crippen LogP contribution in [0.25, 0.3) is 0 Å². The second kappa shape index (κ2) is 7.71. The predicted octanol–water partition coefficient (Wildman–Crippen LogP) is 2.42. The zero-order valence-corrected chi connectivity index (χ0v) is 10.7. The van der Waals surface area contributed by atoms with Gasteiger partial charge in [0.1, 0.15) is 0 Å². The molecule has 0 aliphatic rings. The lowest BCUT2D eigenvalue weighted by atomic mass is 9.98. The Hall–Kier alpha value is -1.55. The molecular weight excluding hydrogens is 230 g/mol. The molecule has 0 aromatic heterocycles. The number of rotatable bonds is 7. The van der Waals surface area contributed by atoms with Gasteiger partial charge in [-0.1, -0.05) is 50.1 Å². The quantitative estimate of drug-likeness (QED) is 0.697. The van der Waals surface area contributed by atoms with Crippen LogP contribution in [0.3, 0.4) is 0 Å². The highest BCUT2D eigenvalue weighted by Gasteiger charge is 2.20. The van der Waals surface area contributed by atoms with Gasteiger partial charge in [0.05, 0.1) is 12.1 Å². The van der Waals surface area contributed by atoms with Gasteiger partial charge in [0.25, 0.3) is 0 Å². The van der Waals surface area contributed by atoms with E-state index in [1.165, 1.54) is 0 Å². The summed E-state index contributed by atoms with van der Waals surface area (Å²) in [6, 6.07) is 9.15.